The van der Waals surface area contributed by atoms with Crippen LogP contribution >= 0.6 is 23.1 Å². The van der Waals surface area contributed by atoms with Crippen molar-refractivity contribution in [3.63, 3.8) is 0 Å². The van der Waals surface area contributed by atoms with Crippen molar-refractivity contribution in [2.75, 3.05) is 5.75 Å². The fraction of sp³-hybridized carbons (Fsp3) is 0.100. The van der Waals surface area contributed by atoms with E-state index in [1.165, 1.54) is 11.8 Å². The van der Waals surface area contributed by atoms with Gasteiger partial charge in [-0.25, -0.2) is 4.79 Å². The number of carboxylic acids is 1. The number of thiophene rings is 1. The molecule has 0 saturated heterocycles. The second kappa shape index (κ2) is 8.69. The Bertz CT molecular complexity index is 862. The van der Waals surface area contributed by atoms with Crippen molar-refractivity contribution in [1.29, 1.82) is 0 Å². The Kier molecular flexibility index (Phi) is 6.09. The summed E-state index contributed by atoms with van der Waals surface area (Å²) in [4.78, 5) is 23.8. The molecule has 0 aliphatic carbocycles. The maximum Gasteiger partial charge on any atom is 0.327 e. The van der Waals surface area contributed by atoms with Gasteiger partial charge in [-0.15, -0.1) is 23.1 Å². The summed E-state index contributed by atoms with van der Waals surface area (Å²) in [5.74, 6) is -1.14. The molecule has 3 rings (SSSR count). The van der Waals surface area contributed by atoms with E-state index in [2.05, 4.69) is 5.32 Å². The van der Waals surface area contributed by atoms with E-state index in [1.54, 1.807) is 23.5 Å². The molecule has 1 amide bonds. The predicted molar refractivity (Wildman–Crippen MR) is 106 cm³/mol. The Balaban J connectivity index is 1.64. The number of carbonyl (C=O) groups excluding carboxylic acids is 1. The van der Waals surface area contributed by atoms with Crippen LogP contribution in [0.4, 0.5) is 0 Å². The standard InChI is InChI=1S/C20H17NO3S2/c22-19(21-17(20(23)24)13-26-18-7-4-12-25-18)16-10-8-15(9-11-16)14-5-2-1-3-6-14/h1-12,17H,13H2,(H,21,22)(H,23,24). The Hall–Kier alpha value is -2.57. The zero-order chi connectivity index (χ0) is 18.4. The van der Waals surface area contributed by atoms with Gasteiger partial charge in [0.2, 0.25) is 0 Å². The smallest absolute Gasteiger partial charge is 0.327 e. The first kappa shape index (κ1) is 18.2. The van der Waals surface area contributed by atoms with Crippen molar-refractivity contribution < 1.29 is 14.7 Å². The van der Waals surface area contributed by atoms with Gasteiger partial charge < -0.3 is 10.4 Å². The Morgan fingerprint density at radius 1 is 0.962 bits per heavy atom. The number of aliphatic carboxylic acids is 1. The number of hydrogen-bond acceptors (Lipinski definition) is 4. The molecule has 0 saturated carbocycles. The molecule has 132 valence electrons. The van der Waals surface area contributed by atoms with Gasteiger partial charge in [0.05, 0.1) is 4.21 Å². The van der Waals surface area contributed by atoms with Crippen LogP contribution in [-0.4, -0.2) is 28.8 Å². The number of thioether (sulfide) groups is 1. The van der Waals surface area contributed by atoms with Crippen LogP contribution in [0, 0.1) is 0 Å². The quantitative estimate of drug-likeness (QED) is 0.594. The second-order valence-electron chi connectivity index (χ2n) is 5.55. The molecule has 3 aromatic rings. The average molecular weight is 383 g/mol. The van der Waals surface area contributed by atoms with Crippen LogP contribution in [0.15, 0.2) is 76.3 Å². The Morgan fingerprint density at radius 2 is 1.65 bits per heavy atom. The molecule has 4 nitrogen and oxygen atoms in total. The van der Waals surface area contributed by atoms with Crippen molar-refractivity contribution in [2.45, 2.75) is 10.3 Å². The third-order valence-electron chi connectivity index (χ3n) is 3.74. The lowest BCUT2D eigenvalue weighted by Gasteiger charge is -2.14. The minimum absolute atomic E-state index is 0.281. The minimum Gasteiger partial charge on any atom is -0.480 e. The lowest BCUT2D eigenvalue weighted by atomic mass is 10.0. The molecule has 1 unspecified atom stereocenters. The van der Waals surface area contributed by atoms with E-state index in [0.717, 1.165) is 15.3 Å². The zero-order valence-electron chi connectivity index (χ0n) is 13.8. The third-order valence-corrected chi connectivity index (χ3v) is 5.97. The molecule has 6 heteroatoms. The fourth-order valence-corrected chi connectivity index (χ4v) is 4.19. The van der Waals surface area contributed by atoms with Crippen LogP contribution in [0.3, 0.4) is 0 Å². The highest BCUT2D eigenvalue weighted by Gasteiger charge is 2.21. The largest absolute Gasteiger partial charge is 0.480 e. The number of amides is 1. The van der Waals surface area contributed by atoms with Crippen molar-refractivity contribution in [1.82, 2.24) is 5.32 Å². The molecular weight excluding hydrogens is 366 g/mol. The van der Waals surface area contributed by atoms with Gasteiger partial charge in [-0.1, -0.05) is 48.5 Å². The number of rotatable bonds is 7. The summed E-state index contributed by atoms with van der Waals surface area (Å²) >= 11 is 2.97. The van der Waals surface area contributed by atoms with Crippen LogP contribution in [0.1, 0.15) is 10.4 Å². The highest BCUT2D eigenvalue weighted by molar-refractivity contribution is 8.01. The van der Waals surface area contributed by atoms with Crippen LogP contribution in [0.5, 0.6) is 0 Å². The first-order chi connectivity index (χ1) is 12.6. The summed E-state index contributed by atoms with van der Waals surface area (Å²) in [5.41, 5.74) is 2.51. The molecule has 26 heavy (non-hydrogen) atoms. The molecule has 2 aromatic carbocycles. The molecule has 1 heterocycles. The SMILES string of the molecule is O=C(NC(CSc1cccs1)C(=O)O)c1ccc(-c2ccccc2)cc1. The van der Waals surface area contributed by atoms with E-state index < -0.39 is 12.0 Å². The van der Waals surface area contributed by atoms with Crippen molar-refractivity contribution >= 4 is 35.0 Å². The monoisotopic (exact) mass is 383 g/mol. The van der Waals surface area contributed by atoms with Gasteiger partial charge in [0.15, 0.2) is 0 Å². The highest BCUT2D eigenvalue weighted by atomic mass is 32.2. The van der Waals surface area contributed by atoms with Gasteiger partial charge in [0.25, 0.3) is 5.91 Å². The first-order valence-corrected chi connectivity index (χ1v) is 9.85. The maximum absolute atomic E-state index is 12.4. The molecule has 1 atom stereocenters. The Labute approximate surface area is 159 Å². The van der Waals surface area contributed by atoms with E-state index in [9.17, 15) is 14.7 Å². The average Bonchev–Trinajstić information content (AvgIpc) is 3.19. The highest BCUT2D eigenvalue weighted by Crippen LogP contribution is 2.24. The van der Waals surface area contributed by atoms with Crippen LogP contribution < -0.4 is 5.32 Å². The number of nitrogens with one attached hydrogen (secondary N) is 1. The summed E-state index contributed by atoms with van der Waals surface area (Å²) in [5, 5.41) is 13.9. The molecule has 0 aliphatic rings. The van der Waals surface area contributed by atoms with Crippen molar-refractivity contribution in [3.8, 4) is 11.1 Å². The Morgan fingerprint density at radius 3 is 2.27 bits per heavy atom. The molecule has 0 aliphatic heterocycles. The predicted octanol–water partition coefficient (Wildman–Crippen LogP) is 4.39. The van der Waals surface area contributed by atoms with E-state index in [0.29, 0.717) is 5.56 Å². The van der Waals surface area contributed by atoms with E-state index >= 15 is 0 Å². The number of carboxylic acid groups (broad SMARTS) is 1. The molecule has 0 bridgehead atoms. The van der Waals surface area contributed by atoms with Crippen LogP contribution in [-0.2, 0) is 4.79 Å². The number of hydrogen-bond donors (Lipinski definition) is 2. The van der Waals surface area contributed by atoms with Crippen LogP contribution in [0.2, 0.25) is 0 Å². The number of benzene rings is 2. The molecule has 1 aromatic heterocycles. The summed E-state index contributed by atoms with van der Waals surface area (Å²) in [6.45, 7) is 0. The second-order valence-corrected chi connectivity index (χ2v) is 7.82. The molecule has 0 spiro atoms. The first-order valence-electron chi connectivity index (χ1n) is 7.99. The minimum atomic E-state index is -1.04. The molecule has 0 radical (unpaired) electrons. The number of carbonyl (C=O) groups is 2. The van der Waals surface area contributed by atoms with Gasteiger partial charge in [0, 0.05) is 11.3 Å². The molecule has 2 N–H and O–H groups in total. The molecular formula is C20H17NO3S2. The summed E-state index contributed by atoms with van der Waals surface area (Å²) in [6.07, 6.45) is 0. The summed E-state index contributed by atoms with van der Waals surface area (Å²) in [7, 11) is 0. The lowest BCUT2D eigenvalue weighted by Crippen LogP contribution is -2.42. The van der Waals surface area contributed by atoms with E-state index in [4.69, 9.17) is 0 Å². The summed E-state index contributed by atoms with van der Waals surface area (Å²) < 4.78 is 1.03. The molecule has 0 fully saturated rings. The van der Waals surface area contributed by atoms with E-state index in [1.807, 2.05) is 60.0 Å². The van der Waals surface area contributed by atoms with Gasteiger partial charge >= 0.3 is 5.97 Å². The van der Waals surface area contributed by atoms with E-state index in [-0.39, 0.29) is 11.7 Å². The topological polar surface area (TPSA) is 66.4 Å². The van der Waals surface area contributed by atoms with Gasteiger partial charge in [0.1, 0.15) is 6.04 Å². The normalized spacial score (nSPS) is 11.7. The van der Waals surface area contributed by atoms with Gasteiger partial charge in [-0.2, -0.15) is 0 Å². The lowest BCUT2D eigenvalue weighted by molar-refractivity contribution is -0.138. The zero-order valence-corrected chi connectivity index (χ0v) is 15.4. The van der Waals surface area contributed by atoms with Crippen molar-refractivity contribution in [2.24, 2.45) is 0 Å². The summed E-state index contributed by atoms with van der Waals surface area (Å²) in [6, 6.07) is 19.9. The third kappa shape index (κ3) is 4.74. The maximum atomic E-state index is 12.4. The fourth-order valence-electron chi connectivity index (χ4n) is 2.37. The van der Waals surface area contributed by atoms with Gasteiger partial charge in [-0.05, 0) is 34.7 Å². The van der Waals surface area contributed by atoms with Crippen LogP contribution in [0.25, 0.3) is 11.1 Å². The van der Waals surface area contributed by atoms with Crippen molar-refractivity contribution in [3.05, 3.63) is 77.7 Å². The van der Waals surface area contributed by atoms with Gasteiger partial charge in [-0.3, -0.25) is 4.79 Å².